The van der Waals surface area contributed by atoms with Crippen LogP contribution in [0.3, 0.4) is 0 Å². The van der Waals surface area contributed by atoms with Crippen molar-refractivity contribution >= 4 is 23.2 Å². The number of hydrogen-bond donors (Lipinski definition) is 0. The van der Waals surface area contributed by atoms with Crippen molar-refractivity contribution in [2.75, 3.05) is 33.7 Å². The molecule has 1 aromatic rings. The van der Waals surface area contributed by atoms with Crippen LogP contribution in [0.5, 0.6) is 0 Å². The zero-order chi connectivity index (χ0) is 17.3. The number of hydrogen-bond acceptors (Lipinski definition) is 4. The summed E-state index contributed by atoms with van der Waals surface area (Å²) in [7, 11) is 3.96. The smallest absolute Gasteiger partial charge is 0.264 e. The number of fused-ring (bicyclic) bond motifs is 2. The molecule has 2 bridgehead atoms. The first-order chi connectivity index (χ1) is 11.5. The van der Waals surface area contributed by atoms with Crippen molar-refractivity contribution < 1.29 is 9.59 Å². The van der Waals surface area contributed by atoms with Gasteiger partial charge in [-0.2, -0.15) is 0 Å². The molecule has 0 aliphatic carbocycles. The molecule has 2 unspecified atom stereocenters. The standard InChI is InChI=1S/C18H25N3O2S/c1-13-6-9-16(24-13)18(23)20-11-14-7-8-15(12-20)21(14)17(22)5-4-10-19(2)3/h4-6,9,14-15H,7-8,10-12H2,1-3H3/b5-4+. The van der Waals surface area contributed by atoms with Crippen LogP contribution in [0.4, 0.5) is 0 Å². The number of carbonyl (C=O) groups is 2. The number of carbonyl (C=O) groups excluding carboxylic acids is 2. The number of piperazine rings is 1. The van der Waals surface area contributed by atoms with Gasteiger partial charge in [0, 0.05) is 30.6 Å². The predicted molar refractivity (Wildman–Crippen MR) is 96.3 cm³/mol. The van der Waals surface area contributed by atoms with Crippen molar-refractivity contribution in [3.8, 4) is 0 Å². The van der Waals surface area contributed by atoms with Crippen LogP contribution in [-0.2, 0) is 4.79 Å². The molecule has 0 saturated carbocycles. The molecule has 0 spiro atoms. The summed E-state index contributed by atoms with van der Waals surface area (Å²) in [5.74, 6) is 0.198. The lowest BCUT2D eigenvalue weighted by Gasteiger charge is -2.40. The fraction of sp³-hybridized carbons (Fsp3) is 0.556. The number of likely N-dealkylation sites (N-methyl/N-ethyl adjacent to an activating group) is 1. The van der Waals surface area contributed by atoms with E-state index in [1.807, 2.05) is 53.9 Å². The molecule has 2 amide bonds. The highest BCUT2D eigenvalue weighted by molar-refractivity contribution is 7.13. The molecule has 2 aliphatic heterocycles. The highest BCUT2D eigenvalue weighted by Crippen LogP contribution is 2.31. The largest absolute Gasteiger partial charge is 0.334 e. The SMILES string of the molecule is Cc1ccc(C(=O)N2CC3CCC(C2)N3C(=O)/C=C/CN(C)C)s1. The number of aryl methyl sites for hydroxylation is 1. The molecule has 24 heavy (non-hydrogen) atoms. The Kier molecular flexibility index (Phi) is 5.06. The Balaban J connectivity index is 1.65. The van der Waals surface area contributed by atoms with Gasteiger partial charge in [-0.15, -0.1) is 11.3 Å². The maximum absolute atomic E-state index is 12.7. The summed E-state index contributed by atoms with van der Waals surface area (Å²) in [5, 5.41) is 0. The second kappa shape index (κ2) is 7.07. The molecule has 3 heterocycles. The Bertz CT molecular complexity index is 638. The van der Waals surface area contributed by atoms with Gasteiger partial charge >= 0.3 is 0 Å². The Morgan fingerprint density at radius 3 is 2.46 bits per heavy atom. The van der Waals surface area contributed by atoms with Crippen molar-refractivity contribution in [2.45, 2.75) is 31.8 Å². The molecule has 2 saturated heterocycles. The van der Waals surface area contributed by atoms with Gasteiger partial charge in [0.15, 0.2) is 0 Å². The molecule has 0 aromatic carbocycles. The Morgan fingerprint density at radius 2 is 1.92 bits per heavy atom. The molecule has 2 atom stereocenters. The normalized spacial score (nSPS) is 23.5. The topological polar surface area (TPSA) is 43.9 Å². The van der Waals surface area contributed by atoms with Crippen LogP contribution < -0.4 is 0 Å². The van der Waals surface area contributed by atoms with Crippen LogP contribution in [0.2, 0.25) is 0 Å². The van der Waals surface area contributed by atoms with Crippen molar-refractivity contribution in [1.29, 1.82) is 0 Å². The molecule has 130 valence electrons. The van der Waals surface area contributed by atoms with Crippen LogP contribution in [-0.4, -0.2) is 72.3 Å². The van der Waals surface area contributed by atoms with E-state index in [-0.39, 0.29) is 23.9 Å². The van der Waals surface area contributed by atoms with Crippen LogP contribution >= 0.6 is 11.3 Å². The lowest BCUT2D eigenvalue weighted by molar-refractivity contribution is -0.131. The van der Waals surface area contributed by atoms with Crippen LogP contribution in [0.1, 0.15) is 27.4 Å². The van der Waals surface area contributed by atoms with Crippen molar-refractivity contribution in [2.24, 2.45) is 0 Å². The van der Waals surface area contributed by atoms with E-state index < -0.39 is 0 Å². The second-order valence-electron chi connectivity index (χ2n) is 6.92. The van der Waals surface area contributed by atoms with E-state index in [0.717, 1.165) is 29.1 Å². The van der Waals surface area contributed by atoms with Gasteiger partial charge in [0.2, 0.25) is 5.91 Å². The van der Waals surface area contributed by atoms with E-state index in [2.05, 4.69) is 0 Å². The first kappa shape index (κ1) is 17.2. The molecular weight excluding hydrogens is 322 g/mol. The fourth-order valence-electron chi connectivity index (χ4n) is 3.58. The lowest BCUT2D eigenvalue weighted by atomic mass is 10.1. The van der Waals surface area contributed by atoms with E-state index in [9.17, 15) is 9.59 Å². The zero-order valence-corrected chi connectivity index (χ0v) is 15.4. The monoisotopic (exact) mass is 347 g/mol. The number of thiophene rings is 1. The average Bonchev–Trinajstić information content (AvgIpc) is 3.07. The Morgan fingerprint density at radius 1 is 1.25 bits per heavy atom. The third kappa shape index (κ3) is 3.54. The molecule has 0 radical (unpaired) electrons. The van der Waals surface area contributed by atoms with Gasteiger partial charge in [0.1, 0.15) is 0 Å². The van der Waals surface area contributed by atoms with Crippen molar-refractivity contribution in [3.63, 3.8) is 0 Å². The minimum atomic E-state index is 0.0865. The highest BCUT2D eigenvalue weighted by atomic mass is 32.1. The first-order valence-corrected chi connectivity index (χ1v) is 9.26. The quantitative estimate of drug-likeness (QED) is 0.783. The van der Waals surface area contributed by atoms with Gasteiger partial charge in [-0.05, 0) is 46.0 Å². The number of rotatable bonds is 4. The maximum Gasteiger partial charge on any atom is 0.264 e. The van der Waals surface area contributed by atoms with E-state index in [1.165, 1.54) is 0 Å². The summed E-state index contributed by atoms with van der Waals surface area (Å²) < 4.78 is 0. The van der Waals surface area contributed by atoms with Gasteiger partial charge in [-0.3, -0.25) is 9.59 Å². The molecule has 6 heteroatoms. The fourth-order valence-corrected chi connectivity index (χ4v) is 4.42. The lowest BCUT2D eigenvalue weighted by Crippen LogP contribution is -2.56. The molecule has 5 nitrogen and oxygen atoms in total. The second-order valence-corrected chi connectivity index (χ2v) is 8.20. The third-order valence-corrected chi connectivity index (χ3v) is 5.69. The zero-order valence-electron chi connectivity index (χ0n) is 14.6. The van der Waals surface area contributed by atoms with Gasteiger partial charge in [0.05, 0.1) is 17.0 Å². The van der Waals surface area contributed by atoms with E-state index in [0.29, 0.717) is 13.1 Å². The van der Waals surface area contributed by atoms with Gasteiger partial charge in [0.25, 0.3) is 5.91 Å². The van der Waals surface area contributed by atoms with Gasteiger partial charge in [-0.1, -0.05) is 6.08 Å². The van der Waals surface area contributed by atoms with E-state index in [4.69, 9.17) is 0 Å². The highest BCUT2D eigenvalue weighted by Gasteiger charge is 2.43. The summed E-state index contributed by atoms with van der Waals surface area (Å²) in [6.45, 7) is 4.08. The number of nitrogens with zero attached hydrogens (tertiary/aromatic N) is 3. The average molecular weight is 347 g/mol. The van der Waals surface area contributed by atoms with E-state index >= 15 is 0 Å². The van der Waals surface area contributed by atoms with Crippen molar-refractivity contribution in [1.82, 2.24) is 14.7 Å². The van der Waals surface area contributed by atoms with Gasteiger partial charge in [-0.25, -0.2) is 0 Å². The third-order valence-electron chi connectivity index (χ3n) is 4.71. The number of amides is 2. The molecule has 2 fully saturated rings. The summed E-state index contributed by atoms with van der Waals surface area (Å²) in [5.41, 5.74) is 0. The molecule has 3 rings (SSSR count). The summed E-state index contributed by atoms with van der Waals surface area (Å²) in [6.07, 6.45) is 5.58. The predicted octanol–water partition coefficient (Wildman–Crippen LogP) is 1.99. The van der Waals surface area contributed by atoms with Crippen molar-refractivity contribution in [3.05, 3.63) is 34.0 Å². The summed E-state index contributed by atoms with van der Waals surface area (Å²) in [4.78, 5) is 33.1. The van der Waals surface area contributed by atoms with Crippen LogP contribution in [0.25, 0.3) is 0 Å². The maximum atomic E-state index is 12.7. The van der Waals surface area contributed by atoms with Gasteiger partial charge < -0.3 is 14.7 Å². The van der Waals surface area contributed by atoms with Crippen LogP contribution in [0, 0.1) is 6.92 Å². The molecular formula is C18H25N3O2S. The molecule has 0 N–H and O–H groups in total. The number of likely N-dealkylation sites (tertiary alicyclic amines) is 1. The Hall–Kier alpha value is -1.66. The molecule has 1 aromatic heterocycles. The minimum absolute atomic E-state index is 0.0865. The minimum Gasteiger partial charge on any atom is -0.334 e. The van der Waals surface area contributed by atoms with E-state index in [1.54, 1.807) is 17.4 Å². The van der Waals surface area contributed by atoms with Crippen LogP contribution in [0.15, 0.2) is 24.3 Å². The summed E-state index contributed by atoms with van der Waals surface area (Å²) >= 11 is 1.55. The molecule has 2 aliphatic rings. The first-order valence-electron chi connectivity index (χ1n) is 8.45. The Labute approximate surface area is 147 Å². The summed E-state index contributed by atoms with van der Waals surface area (Å²) in [6, 6.07) is 4.21.